The highest BCUT2D eigenvalue weighted by Crippen LogP contribution is 2.15. The second-order valence-electron chi connectivity index (χ2n) is 4.73. The van der Waals surface area contributed by atoms with E-state index < -0.39 is 0 Å². The Balaban J connectivity index is 1.57. The van der Waals surface area contributed by atoms with Crippen molar-refractivity contribution in [2.75, 3.05) is 5.75 Å². The van der Waals surface area contributed by atoms with Gasteiger partial charge in [-0.3, -0.25) is 0 Å². The Hall–Kier alpha value is -2.40. The van der Waals surface area contributed by atoms with Crippen LogP contribution in [0.1, 0.15) is 11.1 Å². The van der Waals surface area contributed by atoms with E-state index in [9.17, 15) is 0 Å². The number of tetrazole rings is 1. The van der Waals surface area contributed by atoms with E-state index in [4.69, 9.17) is 0 Å². The van der Waals surface area contributed by atoms with E-state index in [2.05, 4.69) is 51.9 Å². The van der Waals surface area contributed by atoms with Crippen molar-refractivity contribution in [3.05, 3.63) is 77.9 Å². The number of benzene rings is 2. The van der Waals surface area contributed by atoms with Crippen LogP contribution in [-0.2, 0) is 6.54 Å². The topological polar surface area (TPSA) is 43.6 Å². The fraction of sp³-hybridized carbons (Fsp3) is 0.118. The number of rotatable bonds is 6. The van der Waals surface area contributed by atoms with Crippen LogP contribution in [0.2, 0.25) is 0 Å². The molecule has 2 aromatic carbocycles. The Labute approximate surface area is 133 Å². The van der Waals surface area contributed by atoms with E-state index in [1.54, 1.807) is 11.8 Å². The Morgan fingerprint density at radius 1 is 0.955 bits per heavy atom. The van der Waals surface area contributed by atoms with Crippen LogP contribution in [0.3, 0.4) is 0 Å². The maximum atomic E-state index is 4.09. The Bertz CT molecular complexity index is 723. The summed E-state index contributed by atoms with van der Waals surface area (Å²) in [4.78, 5) is 0. The molecule has 0 radical (unpaired) electrons. The zero-order valence-corrected chi connectivity index (χ0v) is 12.9. The molecule has 0 bridgehead atoms. The van der Waals surface area contributed by atoms with Crippen LogP contribution >= 0.6 is 11.8 Å². The van der Waals surface area contributed by atoms with Gasteiger partial charge in [-0.25, -0.2) is 4.68 Å². The molecule has 5 heteroatoms. The van der Waals surface area contributed by atoms with Gasteiger partial charge in [0.25, 0.3) is 0 Å². The van der Waals surface area contributed by atoms with Crippen LogP contribution in [0.5, 0.6) is 0 Å². The minimum Gasteiger partial charge on any atom is -0.216 e. The largest absolute Gasteiger partial charge is 0.216 e. The summed E-state index contributed by atoms with van der Waals surface area (Å²) in [7, 11) is 0. The third-order valence-electron chi connectivity index (χ3n) is 3.09. The standard InChI is InChI=1S/C17H16N4S/c1-3-8-15(9-4-1)12-7-13-22-17-18-19-20-21(17)14-16-10-5-2-6-11-16/h1-12H,13-14H2/b12-7-. The van der Waals surface area contributed by atoms with Crippen LogP contribution in [0.25, 0.3) is 6.08 Å². The number of aromatic nitrogens is 4. The maximum absolute atomic E-state index is 4.09. The molecule has 0 amide bonds. The molecule has 0 N–H and O–H groups in total. The van der Waals surface area contributed by atoms with Crippen LogP contribution < -0.4 is 0 Å². The molecule has 1 heterocycles. The smallest absolute Gasteiger partial charge is 0.209 e. The molecule has 110 valence electrons. The molecule has 3 aromatic rings. The van der Waals surface area contributed by atoms with Crippen LogP contribution in [-0.4, -0.2) is 26.0 Å². The fourth-order valence-corrected chi connectivity index (χ4v) is 2.71. The number of hydrogen-bond acceptors (Lipinski definition) is 4. The van der Waals surface area contributed by atoms with E-state index >= 15 is 0 Å². The summed E-state index contributed by atoms with van der Waals surface area (Å²) in [6, 6.07) is 20.5. The molecule has 0 unspecified atom stereocenters. The minimum absolute atomic E-state index is 0.693. The summed E-state index contributed by atoms with van der Waals surface area (Å²) in [5.74, 6) is 0.837. The predicted octanol–water partition coefficient (Wildman–Crippen LogP) is 3.53. The van der Waals surface area contributed by atoms with Crippen molar-refractivity contribution < 1.29 is 0 Å². The number of hydrogen-bond donors (Lipinski definition) is 0. The summed E-state index contributed by atoms with van der Waals surface area (Å²) < 4.78 is 1.83. The van der Waals surface area contributed by atoms with Gasteiger partial charge in [-0.2, -0.15) is 0 Å². The van der Waals surface area contributed by atoms with E-state index in [1.165, 1.54) is 11.1 Å². The summed E-state index contributed by atoms with van der Waals surface area (Å²) in [6.45, 7) is 0.693. The van der Waals surface area contributed by atoms with Crippen molar-refractivity contribution in [3.8, 4) is 0 Å². The molecular weight excluding hydrogens is 292 g/mol. The number of thioether (sulfide) groups is 1. The Morgan fingerprint density at radius 3 is 2.45 bits per heavy atom. The van der Waals surface area contributed by atoms with Gasteiger partial charge in [0.1, 0.15) is 0 Å². The van der Waals surface area contributed by atoms with E-state index in [-0.39, 0.29) is 0 Å². The molecular formula is C17H16N4S. The van der Waals surface area contributed by atoms with Crippen molar-refractivity contribution >= 4 is 17.8 Å². The van der Waals surface area contributed by atoms with Gasteiger partial charge < -0.3 is 0 Å². The molecule has 4 nitrogen and oxygen atoms in total. The third kappa shape index (κ3) is 4.05. The average Bonchev–Trinajstić information content (AvgIpc) is 3.01. The van der Waals surface area contributed by atoms with E-state index in [0.717, 1.165) is 10.9 Å². The quantitative estimate of drug-likeness (QED) is 0.653. The fourth-order valence-electron chi connectivity index (χ4n) is 2.03. The highest BCUT2D eigenvalue weighted by atomic mass is 32.2. The first-order valence-electron chi connectivity index (χ1n) is 7.06. The zero-order chi connectivity index (χ0) is 15.0. The van der Waals surface area contributed by atoms with Gasteiger partial charge in [-0.05, 0) is 21.6 Å². The highest BCUT2D eigenvalue weighted by molar-refractivity contribution is 7.99. The van der Waals surface area contributed by atoms with Gasteiger partial charge in [-0.1, -0.05) is 84.6 Å². The molecule has 0 saturated carbocycles. The third-order valence-corrected chi connectivity index (χ3v) is 4.00. The first-order valence-corrected chi connectivity index (χ1v) is 8.05. The minimum atomic E-state index is 0.693. The van der Waals surface area contributed by atoms with Crippen LogP contribution in [0.15, 0.2) is 71.9 Å². The van der Waals surface area contributed by atoms with E-state index in [0.29, 0.717) is 6.54 Å². The van der Waals surface area contributed by atoms with Crippen molar-refractivity contribution in [1.82, 2.24) is 20.2 Å². The molecule has 1 aromatic heterocycles. The first kappa shape index (κ1) is 14.5. The van der Waals surface area contributed by atoms with Gasteiger partial charge in [-0.15, -0.1) is 5.10 Å². The monoisotopic (exact) mass is 308 g/mol. The van der Waals surface area contributed by atoms with Gasteiger partial charge in [0.15, 0.2) is 0 Å². The Kier molecular flexibility index (Phi) is 5.00. The molecule has 0 aliphatic rings. The molecule has 0 aliphatic heterocycles. The second-order valence-corrected chi connectivity index (χ2v) is 5.72. The van der Waals surface area contributed by atoms with Gasteiger partial charge in [0.2, 0.25) is 5.16 Å². The summed E-state index contributed by atoms with van der Waals surface area (Å²) in [6.07, 6.45) is 4.24. The van der Waals surface area contributed by atoms with Crippen molar-refractivity contribution in [1.29, 1.82) is 0 Å². The average molecular weight is 308 g/mol. The zero-order valence-electron chi connectivity index (χ0n) is 12.0. The van der Waals surface area contributed by atoms with Crippen molar-refractivity contribution in [2.24, 2.45) is 0 Å². The number of nitrogens with zero attached hydrogens (tertiary/aromatic N) is 4. The predicted molar refractivity (Wildman–Crippen MR) is 89.6 cm³/mol. The van der Waals surface area contributed by atoms with Gasteiger partial charge in [0.05, 0.1) is 6.54 Å². The summed E-state index contributed by atoms with van der Waals surface area (Å²) in [5, 5.41) is 12.8. The molecule has 0 fully saturated rings. The van der Waals surface area contributed by atoms with Gasteiger partial charge >= 0.3 is 0 Å². The van der Waals surface area contributed by atoms with E-state index in [1.807, 2.05) is 41.1 Å². The first-order chi connectivity index (χ1) is 10.9. The molecule has 3 rings (SSSR count). The molecule has 0 saturated heterocycles. The normalized spacial score (nSPS) is 11.1. The second kappa shape index (κ2) is 7.56. The SMILES string of the molecule is C(=C/c1ccccc1)/CSc1nnnn1Cc1ccccc1. The van der Waals surface area contributed by atoms with Crippen molar-refractivity contribution in [3.63, 3.8) is 0 Å². The lowest BCUT2D eigenvalue weighted by Crippen LogP contribution is -2.03. The van der Waals surface area contributed by atoms with Crippen LogP contribution in [0, 0.1) is 0 Å². The van der Waals surface area contributed by atoms with Crippen molar-refractivity contribution in [2.45, 2.75) is 11.7 Å². The molecule has 0 atom stereocenters. The maximum Gasteiger partial charge on any atom is 0.209 e. The summed E-state index contributed by atoms with van der Waals surface area (Å²) >= 11 is 1.63. The molecule has 22 heavy (non-hydrogen) atoms. The summed E-state index contributed by atoms with van der Waals surface area (Å²) in [5.41, 5.74) is 2.39. The van der Waals surface area contributed by atoms with Crippen LogP contribution in [0.4, 0.5) is 0 Å². The Morgan fingerprint density at radius 2 is 1.68 bits per heavy atom. The van der Waals surface area contributed by atoms with Gasteiger partial charge in [0, 0.05) is 5.75 Å². The lowest BCUT2D eigenvalue weighted by molar-refractivity contribution is 0.603. The lowest BCUT2D eigenvalue weighted by Gasteiger charge is -2.03. The molecule has 0 aliphatic carbocycles. The lowest BCUT2D eigenvalue weighted by atomic mass is 10.2. The molecule has 0 spiro atoms. The highest BCUT2D eigenvalue weighted by Gasteiger charge is 2.06.